The van der Waals surface area contributed by atoms with Crippen molar-refractivity contribution in [1.29, 1.82) is 0 Å². The Labute approximate surface area is 164 Å². The number of aryl methyl sites for hydroxylation is 1. The molecule has 28 heavy (non-hydrogen) atoms. The molecule has 0 radical (unpaired) electrons. The van der Waals surface area contributed by atoms with E-state index in [1.54, 1.807) is 67.8 Å². The van der Waals surface area contributed by atoms with Crippen molar-refractivity contribution in [1.82, 2.24) is 0 Å². The highest BCUT2D eigenvalue weighted by Crippen LogP contribution is 2.21. The second kappa shape index (κ2) is 8.14. The fourth-order valence-electron chi connectivity index (χ4n) is 2.66. The molecule has 0 aliphatic carbocycles. The summed E-state index contributed by atoms with van der Waals surface area (Å²) in [6.07, 6.45) is 0. The summed E-state index contributed by atoms with van der Waals surface area (Å²) in [4.78, 5) is 12.5. The lowest BCUT2D eigenvalue weighted by molar-refractivity contribution is 0.102. The van der Waals surface area contributed by atoms with Crippen LogP contribution >= 0.6 is 0 Å². The minimum absolute atomic E-state index is 0.106. The van der Waals surface area contributed by atoms with Crippen LogP contribution in [0.5, 0.6) is 5.75 Å². The fraction of sp³-hybridized carbons (Fsp3) is 0.0952. The Kier molecular flexibility index (Phi) is 5.65. The first kappa shape index (κ1) is 19.4. The normalized spacial score (nSPS) is 10.9. The molecule has 2 N–H and O–H groups in total. The van der Waals surface area contributed by atoms with E-state index in [-0.39, 0.29) is 10.8 Å². The van der Waals surface area contributed by atoms with Gasteiger partial charge in [0.25, 0.3) is 15.9 Å². The van der Waals surface area contributed by atoms with Crippen LogP contribution in [0.2, 0.25) is 0 Å². The molecule has 3 rings (SSSR count). The molecular weight excluding hydrogens is 376 g/mol. The fourth-order valence-corrected chi connectivity index (χ4v) is 3.72. The van der Waals surface area contributed by atoms with Gasteiger partial charge in [0.05, 0.1) is 12.0 Å². The predicted octanol–water partition coefficient (Wildman–Crippen LogP) is 4.06. The van der Waals surface area contributed by atoms with E-state index in [0.29, 0.717) is 22.7 Å². The number of carbonyl (C=O) groups excluding carboxylic acids is 1. The highest BCUT2D eigenvalue weighted by atomic mass is 32.2. The van der Waals surface area contributed by atoms with Gasteiger partial charge in [-0.15, -0.1) is 0 Å². The van der Waals surface area contributed by atoms with Gasteiger partial charge >= 0.3 is 0 Å². The number of benzene rings is 3. The van der Waals surface area contributed by atoms with Gasteiger partial charge in [0.15, 0.2) is 0 Å². The summed E-state index contributed by atoms with van der Waals surface area (Å²) < 4.78 is 32.6. The number of hydrogen-bond donors (Lipinski definition) is 2. The van der Waals surface area contributed by atoms with Gasteiger partial charge in [0, 0.05) is 16.9 Å². The third-order valence-electron chi connectivity index (χ3n) is 4.11. The maximum absolute atomic E-state index is 12.4. The number of ether oxygens (including phenoxy) is 1. The van der Waals surface area contributed by atoms with Gasteiger partial charge in [0.2, 0.25) is 0 Å². The number of para-hydroxylation sites is 1. The monoisotopic (exact) mass is 396 g/mol. The molecule has 3 aromatic rings. The zero-order chi connectivity index (χ0) is 20.1. The van der Waals surface area contributed by atoms with E-state index in [1.165, 1.54) is 12.1 Å². The SMILES string of the molecule is COc1ccc(C(=O)Nc2ccc(S(=O)(=O)Nc3ccccc3)cc2)cc1C. The Morgan fingerprint density at radius 2 is 1.57 bits per heavy atom. The standard InChI is InChI=1S/C21H20N2O4S/c1-15-14-16(8-13-20(15)27-2)21(24)22-17-9-11-19(12-10-17)28(25,26)23-18-6-4-3-5-7-18/h3-14,23H,1-2H3,(H,22,24). The van der Waals surface area contributed by atoms with E-state index in [9.17, 15) is 13.2 Å². The number of amides is 1. The van der Waals surface area contributed by atoms with Gasteiger partial charge in [0.1, 0.15) is 5.75 Å². The quantitative estimate of drug-likeness (QED) is 0.658. The summed E-state index contributed by atoms with van der Waals surface area (Å²) in [5.41, 5.74) is 2.32. The van der Waals surface area contributed by atoms with Crippen LogP contribution in [0.25, 0.3) is 0 Å². The van der Waals surface area contributed by atoms with Crippen LogP contribution in [0.3, 0.4) is 0 Å². The Hall–Kier alpha value is -3.32. The maximum Gasteiger partial charge on any atom is 0.261 e. The highest BCUT2D eigenvalue weighted by Gasteiger charge is 2.14. The van der Waals surface area contributed by atoms with Crippen LogP contribution in [0.15, 0.2) is 77.7 Å². The number of sulfonamides is 1. The molecule has 3 aromatic carbocycles. The van der Waals surface area contributed by atoms with Gasteiger partial charge in [-0.3, -0.25) is 9.52 Å². The van der Waals surface area contributed by atoms with E-state index in [2.05, 4.69) is 10.0 Å². The third-order valence-corrected chi connectivity index (χ3v) is 5.50. The van der Waals surface area contributed by atoms with E-state index in [4.69, 9.17) is 4.74 Å². The first-order valence-electron chi connectivity index (χ1n) is 8.53. The van der Waals surface area contributed by atoms with Crippen LogP contribution in [0.4, 0.5) is 11.4 Å². The number of methoxy groups -OCH3 is 1. The van der Waals surface area contributed by atoms with Crippen molar-refractivity contribution < 1.29 is 17.9 Å². The molecule has 0 aliphatic rings. The smallest absolute Gasteiger partial charge is 0.261 e. The lowest BCUT2D eigenvalue weighted by atomic mass is 10.1. The van der Waals surface area contributed by atoms with Crippen LogP contribution in [0.1, 0.15) is 15.9 Å². The van der Waals surface area contributed by atoms with Gasteiger partial charge < -0.3 is 10.1 Å². The minimum atomic E-state index is -3.70. The van der Waals surface area contributed by atoms with Gasteiger partial charge in [-0.25, -0.2) is 8.42 Å². The van der Waals surface area contributed by atoms with Crippen LogP contribution in [-0.4, -0.2) is 21.4 Å². The summed E-state index contributed by atoms with van der Waals surface area (Å²) in [5, 5.41) is 2.76. The molecule has 1 amide bonds. The lowest BCUT2D eigenvalue weighted by Crippen LogP contribution is -2.14. The molecule has 0 heterocycles. The van der Waals surface area contributed by atoms with Crippen LogP contribution < -0.4 is 14.8 Å². The first-order valence-corrected chi connectivity index (χ1v) is 10.0. The van der Waals surface area contributed by atoms with Gasteiger partial charge in [-0.05, 0) is 67.1 Å². The zero-order valence-electron chi connectivity index (χ0n) is 15.5. The van der Waals surface area contributed by atoms with E-state index < -0.39 is 10.0 Å². The first-order chi connectivity index (χ1) is 13.4. The van der Waals surface area contributed by atoms with Crippen molar-refractivity contribution in [2.75, 3.05) is 17.1 Å². The molecule has 0 unspecified atom stereocenters. The van der Waals surface area contributed by atoms with E-state index >= 15 is 0 Å². The van der Waals surface area contributed by atoms with Crippen molar-refractivity contribution in [2.45, 2.75) is 11.8 Å². The van der Waals surface area contributed by atoms with Crippen molar-refractivity contribution in [2.24, 2.45) is 0 Å². The molecule has 0 spiro atoms. The molecule has 7 heteroatoms. The minimum Gasteiger partial charge on any atom is -0.496 e. The molecule has 144 valence electrons. The molecule has 0 aliphatic heterocycles. The number of rotatable bonds is 6. The summed E-state index contributed by atoms with van der Waals surface area (Å²) >= 11 is 0. The Balaban J connectivity index is 1.72. The number of hydrogen-bond acceptors (Lipinski definition) is 4. The molecule has 0 bridgehead atoms. The molecule has 6 nitrogen and oxygen atoms in total. The second-order valence-electron chi connectivity index (χ2n) is 6.13. The van der Waals surface area contributed by atoms with E-state index in [0.717, 1.165) is 5.56 Å². The topological polar surface area (TPSA) is 84.5 Å². The Bertz CT molecular complexity index is 1080. The summed E-state index contributed by atoms with van der Waals surface area (Å²) in [7, 11) is -2.13. The number of anilines is 2. The molecule has 0 fully saturated rings. The van der Waals surface area contributed by atoms with Crippen molar-refractivity contribution in [3.05, 3.63) is 83.9 Å². The summed E-state index contributed by atoms with van der Waals surface area (Å²) in [5.74, 6) is 0.417. The maximum atomic E-state index is 12.4. The lowest BCUT2D eigenvalue weighted by Gasteiger charge is -2.10. The predicted molar refractivity (Wildman–Crippen MR) is 109 cm³/mol. The van der Waals surface area contributed by atoms with E-state index in [1.807, 2.05) is 6.92 Å². The zero-order valence-corrected chi connectivity index (χ0v) is 16.3. The Morgan fingerprint density at radius 3 is 2.18 bits per heavy atom. The molecular formula is C21H20N2O4S. The average Bonchev–Trinajstić information content (AvgIpc) is 2.68. The summed E-state index contributed by atoms with van der Waals surface area (Å²) in [6, 6.07) is 19.8. The largest absolute Gasteiger partial charge is 0.496 e. The molecule has 0 saturated carbocycles. The van der Waals surface area contributed by atoms with Gasteiger partial charge in [-0.1, -0.05) is 18.2 Å². The second-order valence-corrected chi connectivity index (χ2v) is 7.82. The van der Waals surface area contributed by atoms with Crippen LogP contribution in [-0.2, 0) is 10.0 Å². The highest BCUT2D eigenvalue weighted by molar-refractivity contribution is 7.92. The third kappa shape index (κ3) is 4.50. The number of carbonyl (C=O) groups is 1. The summed E-state index contributed by atoms with van der Waals surface area (Å²) in [6.45, 7) is 1.86. The Morgan fingerprint density at radius 1 is 0.893 bits per heavy atom. The average molecular weight is 396 g/mol. The van der Waals surface area contributed by atoms with Crippen molar-refractivity contribution in [3.8, 4) is 5.75 Å². The van der Waals surface area contributed by atoms with Crippen molar-refractivity contribution >= 4 is 27.3 Å². The molecule has 0 aromatic heterocycles. The molecule has 0 atom stereocenters. The van der Waals surface area contributed by atoms with Crippen LogP contribution in [0, 0.1) is 6.92 Å². The van der Waals surface area contributed by atoms with Gasteiger partial charge in [-0.2, -0.15) is 0 Å². The number of nitrogens with one attached hydrogen (secondary N) is 2. The van der Waals surface area contributed by atoms with Crippen molar-refractivity contribution in [3.63, 3.8) is 0 Å². The molecule has 0 saturated heterocycles.